The number of allylic oxidation sites excluding steroid dienone is 2. The van der Waals surface area contributed by atoms with Crippen molar-refractivity contribution >= 4 is 11.6 Å². The van der Waals surface area contributed by atoms with Gasteiger partial charge in [-0.3, -0.25) is 9.59 Å². The van der Waals surface area contributed by atoms with Crippen LogP contribution in [0.5, 0.6) is 0 Å². The first-order chi connectivity index (χ1) is 5.77. The maximum atomic E-state index is 11.4. The van der Waals surface area contributed by atoms with Crippen LogP contribution in [0.1, 0.15) is 19.3 Å². The molecule has 0 heterocycles. The summed E-state index contributed by atoms with van der Waals surface area (Å²) in [7, 11) is 0. The summed E-state index contributed by atoms with van der Waals surface area (Å²) in [5.41, 5.74) is 1.26. The van der Waals surface area contributed by atoms with Crippen LogP contribution in [0.15, 0.2) is 11.6 Å². The van der Waals surface area contributed by atoms with Crippen LogP contribution in [0, 0.1) is 17.8 Å². The fraction of sp³-hybridized carbons (Fsp3) is 0.600. The minimum Gasteiger partial charge on any atom is -0.299 e. The van der Waals surface area contributed by atoms with Crippen LogP contribution >= 0.6 is 0 Å². The van der Waals surface area contributed by atoms with E-state index < -0.39 is 0 Å². The maximum Gasteiger partial charge on any atom is 0.148 e. The summed E-state index contributed by atoms with van der Waals surface area (Å²) in [5, 5.41) is 0. The van der Waals surface area contributed by atoms with Gasteiger partial charge >= 0.3 is 0 Å². The van der Waals surface area contributed by atoms with E-state index in [9.17, 15) is 9.59 Å². The minimum atomic E-state index is 0.0243. The van der Waals surface area contributed by atoms with E-state index in [1.165, 1.54) is 5.57 Å². The Balaban J connectivity index is 2.11. The molecular formula is C10H10O2. The van der Waals surface area contributed by atoms with Crippen molar-refractivity contribution in [1.82, 2.24) is 0 Å². The molecule has 0 aromatic carbocycles. The van der Waals surface area contributed by atoms with Gasteiger partial charge in [-0.25, -0.2) is 0 Å². The fourth-order valence-corrected chi connectivity index (χ4v) is 3.06. The van der Waals surface area contributed by atoms with Crippen molar-refractivity contribution in [3.63, 3.8) is 0 Å². The molecule has 0 saturated heterocycles. The summed E-state index contributed by atoms with van der Waals surface area (Å²) in [6.45, 7) is 0. The number of ketones is 2. The van der Waals surface area contributed by atoms with Gasteiger partial charge in [0.25, 0.3) is 0 Å². The second-order valence-electron chi connectivity index (χ2n) is 4.09. The summed E-state index contributed by atoms with van der Waals surface area (Å²) in [5.74, 6) is 0.995. The lowest BCUT2D eigenvalue weighted by molar-refractivity contribution is -0.123. The van der Waals surface area contributed by atoms with Crippen LogP contribution in [0.3, 0.4) is 0 Å². The van der Waals surface area contributed by atoms with Crippen LogP contribution in [-0.2, 0) is 9.59 Å². The van der Waals surface area contributed by atoms with Crippen molar-refractivity contribution < 1.29 is 9.59 Å². The summed E-state index contributed by atoms with van der Waals surface area (Å²) >= 11 is 0. The van der Waals surface area contributed by atoms with E-state index in [0.29, 0.717) is 5.92 Å². The number of hydrogen-bond acceptors (Lipinski definition) is 2. The molecule has 2 saturated carbocycles. The van der Waals surface area contributed by atoms with Crippen molar-refractivity contribution in [1.29, 1.82) is 0 Å². The molecule has 0 spiro atoms. The minimum absolute atomic E-state index is 0.0243. The highest BCUT2D eigenvalue weighted by Gasteiger charge is 2.53. The Morgan fingerprint density at radius 1 is 1.25 bits per heavy atom. The van der Waals surface area contributed by atoms with E-state index >= 15 is 0 Å². The van der Waals surface area contributed by atoms with Gasteiger partial charge in [0, 0.05) is 11.8 Å². The highest BCUT2D eigenvalue weighted by molar-refractivity contribution is 6.10. The molecule has 2 heteroatoms. The average Bonchev–Trinajstić information content (AvgIpc) is 2.64. The first-order valence-electron chi connectivity index (χ1n) is 4.52. The van der Waals surface area contributed by atoms with E-state index in [-0.39, 0.29) is 29.8 Å². The molecule has 0 aromatic heterocycles. The van der Waals surface area contributed by atoms with E-state index in [4.69, 9.17) is 0 Å². The van der Waals surface area contributed by atoms with Gasteiger partial charge in [0.2, 0.25) is 0 Å². The topological polar surface area (TPSA) is 34.1 Å². The van der Waals surface area contributed by atoms with Crippen LogP contribution in [0.4, 0.5) is 0 Å². The smallest absolute Gasteiger partial charge is 0.148 e. The number of carbonyl (C=O) groups excluding carboxylic acids is 2. The highest BCUT2D eigenvalue weighted by atomic mass is 16.2. The van der Waals surface area contributed by atoms with E-state index in [2.05, 4.69) is 6.08 Å². The molecule has 0 aliphatic heterocycles. The Morgan fingerprint density at radius 3 is 2.83 bits per heavy atom. The quantitative estimate of drug-likeness (QED) is 0.395. The Morgan fingerprint density at radius 2 is 2.08 bits per heavy atom. The van der Waals surface area contributed by atoms with Crippen LogP contribution < -0.4 is 0 Å². The molecule has 2 nitrogen and oxygen atoms in total. The molecule has 12 heavy (non-hydrogen) atoms. The van der Waals surface area contributed by atoms with Crippen LogP contribution in [-0.4, -0.2) is 11.6 Å². The summed E-state index contributed by atoms with van der Waals surface area (Å²) < 4.78 is 0. The Bertz CT molecular complexity index is 314. The van der Waals surface area contributed by atoms with Crippen molar-refractivity contribution in [2.75, 3.05) is 0 Å². The third-order valence-electron chi connectivity index (χ3n) is 3.51. The van der Waals surface area contributed by atoms with E-state index in [0.717, 1.165) is 12.8 Å². The maximum absolute atomic E-state index is 11.4. The molecule has 3 aliphatic rings. The third kappa shape index (κ3) is 0.576. The third-order valence-corrected chi connectivity index (χ3v) is 3.51. The fourth-order valence-electron chi connectivity index (χ4n) is 3.06. The molecule has 2 fully saturated rings. The summed E-state index contributed by atoms with van der Waals surface area (Å²) in [4.78, 5) is 22.8. The average molecular weight is 162 g/mol. The lowest BCUT2D eigenvalue weighted by atomic mass is 9.86. The van der Waals surface area contributed by atoms with Gasteiger partial charge in [0.05, 0.1) is 6.42 Å². The molecule has 0 aromatic rings. The molecule has 3 unspecified atom stereocenters. The molecule has 0 radical (unpaired) electrons. The van der Waals surface area contributed by atoms with Gasteiger partial charge in [-0.2, -0.15) is 0 Å². The molecule has 0 amide bonds. The first kappa shape index (κ1) is 6.58. The van der Waals surface area contributed by atoms with Crippen LogP contribution in [0.2, 0.25) is 0 Å². The zero-order valence-corrected chi connectivity index (χ0v) is 6.75. The predicted molar refractivity (Wildman–Crippen MR) is 42.4 cm³/mol. The second kappa shape index (κ2) is 1.87. The van der Waals surface area contributed by atoms with Gasteiger partial charge in [0.15, 0.2) is 0 Å². The zero-order chi connectivity index (χ0) is 8.29. The lowest BCUT2D eigenvalue weighted by Crippen LogP contribution is -2.20. The monoisotopic (exact) mass is 162 g/mol. The van der Waals surface area contributed by atoms with Crippen LogP contribution in [0.25, 0.3) is 0 Å². The molecule has 2 bridgehead atoms. The number of fused-ring (bicyclic) bond motifs is 5. The van der Waals surface area contributed by atoms with Gasteiger partial charge in [-0.15, -0.1) is 0 Å². The normalized spacial score (nSPS) is 43.7. The lowest BCUT2D eigenvalue weighted by Gasteiger charge is -2.16. The number of Topliss-reactive ketones (excluding diaryl/α,β-unsaturated/α-hetero) is 2. The second-order valence-corrected chi connectivity index (χ2v) is 4.09. The van der Waals surface area contributed by atoms with Crippen molar-refractivity contribution in [3.05, 3.63) is 11.6 Å². The molecule has 0 N–H and O–H groups in total. The van der Waals surface area contributed by atoms with Gasteiger partial charge in [0.1, 0.15) is 11.6 Å². The summed E-state index contributed by atoms with van der Waals surface area (Å²) in [6.07, 6.45) is 4.44. The molecule has 3 aliphatic carbocycles. The van der Waals surface area contributed by atoms with Gasteiger partial charge < -0.3 is 0 Å². The predicted octanol–water partition coefficient (Wildman–Crippen LogP) is 1.11. The Kier molecular flexibility index (Phi) is 1.03. The molecule has 62 valence electrons. The van der Waals surface area contributed by atoms with Gasteiger partial charge in [-0.05, 0) is 18.8 Å². The SMILES string of the molecule is O=C1CC(=O)C2C3CC=C(C3)C12. The zero-order valence-electron chi connectivity index (χ0n) is 6.75. The Labute approximate surface area is 70.6 Å². The molecule has 3 atom stereocenters. The molecular weight excluding hydrogens is 152 g/mol. The molecule has 3 rings (SSSR count). The highest BCUT2D eigenvalue weighted by Crippen LogP contribution is 2.52. The summed E-state index contributed by atoms with van der Waals surface area (Å²) in [6, 6.07) is 0. The van der Waals surface area contributed by atoms with Gasteiger partial charge in [-0.1, -0.05) is 11.6 Å². The number of rotatable bonds is 0. The van der Waals surface area contributed by atoms with E-state index in [1.807, 2.05) is 0 Å². The standard InChI is InChI=1S/C10H10O2/c11-7-4-8(12)10-6-2-1-5(3-6)9(7)10/h1,6,9-10H,2-4H2. The number of carbonyl (C=O) groups is 2. The largest absolute Gasteiger partial charge is 0.299 e. The van der Waals surface area contributed by atoms with E-state index in [1.54, 1.807) is 0 Å². The van der Waals surface area contributed by atoms with Crippen molar-refractivity contribution in [3.8, 4) is 0 Å². The number of hydrogen-bond donors (Lipinski definition) is 0. The van der Waals surface area contributed by atoms with Crippen molar-refractivity contribution in [2.24, 2.45) is 17.8 Å². The Hall–Kier alpha value is -0.920. The first-order valence-corrected chi connectivity index (χ1v) is 4.52. The van der Waals surface area contributed by atoms with Crippen molar-refractivity contribution in [2.45, 2.75) is 19.3 Å².